The molecule has 0 amide bonds. The van der Waals surface area contributed by atoms with Gasteiger partial charge in [-0.05, 0) is 38.1 Å². The largest absolute Gasteiger partial charge is 0.487 e. The highest BCUT2D eigenvalue weighted by Crippen LogP contribution is 2.35. The van der Waals surface area contributed by atoms with Gasteiger partial charge in [0, 0.05) is 52.5 Å². The Kier molecular flexibility index (Phi) is 7.27. The van der Waals surface area contributed by atoms with Gasteiger partial charge in [0.05, 0.1) is 10.7 Å². The summed E-state index contributed by atoms with van der Waals surface area (Å²) in [6.07, 6.45) is 10.9. The number of nitrogens with zero attached hydrogens (tertiary/aromatic N) is 4. The summed E-state index contributed by atoms with van der Waals surface area (Å²) in [5.74, 6) is 0.684. The number of benzene rings is 1. The van der Waals surface area contributed by atoms with Crippen LogP contribution in [0.15, 0.2) is 96.0 Å². The molecule has 4 rings (SSSR count). The predicted octanol–water partition coefficient (Wildman–Crippen LogP) is 7.20. The van der Waals surface area contributed by atoms with Crippen molar-refractivity contribution in [3.8, 4) is 5.75 Å². The normalized spacial score (nSPS) is 11.1. The zero-order valence-corrected chi connectivity index (χ0v) is 20.0. The molecule has 7 heteroatoms. The first kappa shape index (κ1) is 22.8. The number of aryl methyl sites for hydroxylation is 1. The van der Waals surface area contributed by atoms with Gasteiger partial charge in [-0.1, -0.05) is 54.2 Å². The van der Waals surface area contributed by atoms with E-state index in [2.05, 4.69) is 16.5 Å². The number of fused-ring (bicyclic) bond motifs is 1. The van der Waals surface area contributed by atoms with Gasteiger partial charge >= 0.3 is 0 Å². The van der Waals surface area contributed by atoms with E-state index in [0.29, 0.717) is 10.8 Å². The van der Waals surface area contributed by atoms with Crippen LogP contribution in [0.4, 0.5) is 5.69 Å². The number of aromatic nitrogens is 3. The van der Waals surface area contributed by atoms with Gasteiger partial charge in [0.1, 0.15) is 22.9 Å². The standard InChI is InChI=1S/C26H23ClN4OS/c1-4-13-31(5-2)22-14-18(3)30-26-19(22)9-8-10-23(26)32-17-20-21(27)15-28-16-24(20)33-25-11-6-7-12-29-25/h4-16H,2,17H2,1,3H3/b13-4-. The monoisotopic (exact) mass is 474 g/mol. The summed E-state index contributed by atoms with van der Waals surface area (Å²) in [5.41, 5.74) is 3.52. The molecule has 0 spiro atoms. The minimum absolute atomic E-state index is 0.278. The average Bonchev–Trinajstić information content (AvgIpc) is 2.82. The fourth-order valence-corrected chi connectivity index (χ4v) is 4.56. The van der Waals surface area contributed by atoms with Gasteiger partial charge in [-0.15, -0.1) is 0 Å². The van der Waals surface area contributed by atoms with Gasteiger partial charge in [-0.25, -0.2) is 9.97 Å². The smallest absolute Gasteiger partial charge is 0.146 e. The number of pyridine rings is 3. The molecule has 3 aromatic heterocycles. The molecule has 1 aromatic carbocycles. The second-order valence-corrected chi connectivity index (χ2v) is 8.63. The summed E-state index contributed by atoms with van der Waals surface area (Å²) < 4.78 is 6.28. The molecule has 0 atom stereocenters. The Hall–Kier alpha value is -3.35. The highest BCUT2D eigenvalue weighted by molar-refractivity contribution is 7.99. The topological polar surface area (TPSA) is 51.1 Å². The number of ether oxygens (including phenoxy) is 1. The first-order valence-corrected chi connectivity index (χ1v) is 11.6. The van der Waals surface area contributed by atoms with E-state index in [1.165, 1.54) is 11.8 Å². The highest BCUT2D eigenvalue weighted by Gasteiger charge is 2.15. The van der Waals surface area contributed by atoms with Crippen molar-refractivity contribution in [1.82, 2.24) is 15.0 Å². The van der Waals surface area contributed by atoms with Gasteiger partial charge < -0.3 is 9.64 Å². The van der Waals surface area contributed by atoms with E-state index in [1.54, 1.807) is 24.8 Å². The second kappa shape index (κ2) is 10.5. The van der Waals surface area contributed by atoms with Crippen LogP contribution < -0.4 is 9.64 Å². The maximum absolute atomic E-state index is 6.51. The van der Waals surface area contributed by atoms with E-state index in [9.17, 15) is 0 Å². The fourth-order valence-electron chi connectivity index (χ4n) is 3.40. The summed E-state index contributed by atoms with van der Waals surface area (Å²) in [6.45, 7) is 8.16. The van der Waals surface area contributed by atoms with E-state index in [1.807, 2.05) is 73.5 Å². The Morgan fingerprint density at radius 3 is 2.82 bits per heavy atom. The molecule has 0 fully saturated rings. The SMILES string of the molecule is C=CN(/C=C\C)c1cc(C)nc2c(OCc3c(Cl)cncc3Sc3ccccn3)cccc12. The number of hydrogen-bond acceptors (Lipinski definition) is 6. The second-order valence-electron chi connectivity index (χ2n) is 7.16. The molecule has 33 heavy (non-hydrogen) atoms. The summed E-state index contributed by atoms with van der Waals surface area (Å²) >= 11 is 8.01. The lowest BCUT2D eigenvalue weighted by atomic mass is 10.1. The third-order valence-corrected chi connectivity index (χ3v) is 6.23. The summed E-state index contributed by atoms with van der Waals surface area (Å²) in [7, 11) is 0. The van der Waals surface area contributed by atoms with Crippen LogP contribution in [0.1, 0.15) is 18.2 Å². The lowest BCUT2D eigenvalue weighted by Gasteiger charge is -2.19. The molecular formula is C26H23ClN4OS. The zero-order chi connectivity index (χ0) is 23.2. The van der Waals surface area contributed by atoms with Crippen molar-refractivity contribution in [3.63, 3.8) is 0 Å². The summed E-state index contributed by atoms with van der Waals surface area (Å²) in [4.78, 5) is 16.3. The number of allylic oxidation sites excluding steroid dienone is 1. The molecule has 4 aromatic rings. The van der Waals surface area contributed by atoms with Gasteiger partial charge in [0.25, 0.3) is 0 Å². The van der Waals surface area contributed by atoms with Crippen molar-refractivity contribution in [2.75, 3.05) is 4.90 Å². The molecular weight excluding hydrogens is 452 g/mol. The zero-order valence-electron chi connectivity index (χ0n) is 18.4. The van der Waals surface area contributed by atoms with Crippen molar-refractivity contribution < 1.29 is 4.74 Å². The molecule has 0 saturated heterocycles. The van der Waals surface area contributed by atoms with Crippen LogP contribution >= 0.6 is 23.4 Å². The molecule has 166 valence electrons. The van der Waals surface area contributed by atoms with Crippen molar-refractivity contribution in [2.24, 2.45) is 0 Å². The fraction of sp³-hybridized carbons (Fsp3) is 0.115. The Morgan fingerprint density at radius 1 is 1.18 bits per heavy atom. The molecule has 0 N–H and O–H groups in total. The molecule has 0 unspecified atom stereocenters. The number of rotatable bonds is 8. The molecule has 0 bridgehead atoms. The molecule has 0 radical (unpaired) electrons. The maximum atomic E-state index is 6.51. The van der Waals surface area contributed by atoms with Crippen LogP contribution in [0.5, 0.6) is 5.75 Å². The Balaban J connectivity index is 1.69. The molecule has 0 aliphatic heterocycles. The lowest BCUT2D eigenvalue weighted by Crippen LogP contribution is -2.08. The summed E-state index contributed by atoms with van der Waals surface area (Å²) in [6, 6.07) is 13.7. The van der Waals surface area contributed by atoms with Crippen molar-refractivity contribution in [2.45, 2.75) is 30.4 Å². The van der Waals surface area contributed by atoms with E-state index >= 15 is 0 Å². The molecule has 5 nitrogen and oxygen atoms in total. The van der Waals surface area contributed by atoms with Gasteiger partial charge in [0.2, 0.25) is 0 Å². The molecule has 0 aliphatic carbocycles. The Bertz CT molecular complexity index is 1310. The predicted molar refractivity (Wildman–Crippen MR) is 136 cm³/mol. The van der Waals surface area contributed by atoms with Crippen molar-refractivity contribution in [1.29, 1.82) is 0 Å². The maximum Gasteiger partial charge on any atom is 0.146 e. The minimum atomic E-state index is 0.278. The Morgan fingerprint density at radius 2 is 2.06 bits per heavy atom. The first-order valence-electron chi connectivity index (χ1n) is 10.4. The average molecular weight is 475 g/mol. The number of hydrogen-bond donors (Lipinski definition) is 0. The van der Waals surface area contributed by atoms with Crippen LogP contribution in [0.3, 0.4) is 0 Å². The van der Waals surface area contributed by atoms with E-state index < -0.39 is 0 Å². The highest BCUT2D eigenvalue weighted by atomic mass is 35.5. The van der Waals surface area contributed by atoms with Gasteiger partial charge in [-0.3, -0.25) is 4.98 Å². The lowest BCUT2D eigenvalue weighted by molar-refractivity contribution is 0.306. The first-order chi connectivity index (χ1) is 16.1. The summed E-state index contributed by atoms with van der Waals surface area (Å²) in [5, 5.41) is 2.38. The van der Waals surface area contributed by atoms with E-state index in [-0.39, 0.29) is 6.61 Å². The number of para-hydroxylation sites is 1. The molecule has 0 saturated carbocycles. The molecule has 0 aliphatic rings. The number of halogens is 1. The van der Waals surface area contributed by atoms with Gasteiger partial charge in [-0.2, -0.15) is 0 Å². The third-order valence-electron chi connectivity index (χ3n) is 4.88. The van der Waals surface area contributed by atoms with Crippen LogP contribution in [0, 0.1) is 6.92 Å². The van der Waals surface area contributed by atoms with E-state index in [0.717, 1.165) is 37.8 Å². The number of anilines is 1. The Labute approximate surface area is 202 Å². The van der Waals surface area contributed by atoms with Crippen LogP contribution in [0.2, 0.25) is 5.02 Å². The van der Waals surface area contributed by atoms with E-state index in [4.69, 9.17) is 21.3 Å². The third kappa shape index (κ3) is 5.18. The van der Waals surface area contributed by atoms with Crippen LogP contribution in [-0.2, 0) is 6.61 Å². The quantitative estimate of drug-likeness (QED) is 0.269. The molecule has 3 heterocycles. The minimum Gasteiger partial charge on any atom is -0.487 e. The van der Waals surface area contributed by atoms with Crippen molar-refractivity contribution >= 4 is 40.0 Å². The van der Waals surface area contributed by atoms with Crippen molar-refractivity contribution in [3.05, 3.63) is 102 Å². The van der Waals surface area contributed by atoms with Crippen LogP contribution in [-0.4, -0.2) is 15.0 Å². The van der Waals surface area contributed by atoms with Crippen LogP contribution in [0.25, 0.3) is 10.9 Å². The van der Waals surface area contributed by atoms with Gasteiger partial charge in [0.15, 0.2) is 0 Å².